The number of rotatable bonds is 9. The van der Waals surface area contributed by atoms with E-state index in [0.717, 1.165) is 23.0 Å². The molecule has 0 spiro atoms. The van der Waals surface area contributed by atoms with Crippen molar-refractivity contribution in [3.05, 3.63) is 89.5 Å². The molecule has 0 aliphatic heterocycles. The van der Waals surface area contributed by atoms with Crippen LogP contribution in [0.25, 0.3) is 0 Å². The van der Waals surface area contributed by atoms with Crippen molar-refractivity contribution in [3.8, 4) is 11.5 Å². The number of anilines is 1. The molecule has 3 nitrogen and oxygen atoms in total. The number of benzene rings is 3. The Morgan fingerprint density at radius 1 is 0.784 bits per heavy atom. The lowest BCUT2D eigenvalue weighted by molar-refractivity contribution is -0.289. The molecule has 0 radical (unpaired) electrons. The van der Waals surface area contributed by atoms with Gasteiger partial charge in [-0.25, -0.2) is 0 Å². The number of nitrogens with zero attached hydrogens (tertiary/aromatic N) is 1. The minimum Gasteiger partial charge on any atom is -0.457 e. The van der Waals surface area contributed by atoms with E-state index < -0.39 is 43.0 Å². The summed E-state index contributed by atoms with van der Waals surface area (Å²) in [6.45, 7) is 0.449. The van der Waals surface area contributed by atoms with Crippen LogP contribution < -0.4 is 9.64 Å². The van der Waals surface area contributed by atoms with Gasteiger partial charge in [-0.3, -0.25) is 0 Å². The van der Waals surface area contributed by atoms with E-state index in [-0.39, 0.29) is 17.0 Å². The molecule has 0 saturated carbocycles. The third-order valence-electron chi connectivity index (χ3n) is 5.52. The van der Waals surface area contributed by atoms with Crippen molar-refractivity contribution >= 4 is 5.69 Å². The van der Waals surface area contributed by atoms with Crippen molar-refractivity contribution in [2.45, 2.75) is 44.3 Å². The molecule has 200 valence electrons. The van der Waals surface area contributed by atoms with Crippen LogP contribution in [-0.4, -0.2) is 30.1 Å². The Morgan fingerprint density at radius 3 is 2.00 bits per heavy atom. The van der Waals surface area contributed by atoms with Gasteiger partial charge in [-0.05, 0) is 47.9 Å². The molecule has 1 N–H and O–H groups in total. The Balaban J connectivity index is 1.94. The molecule has 0 aliphatic rings. The van der Waals surface area contributed by atoms with Gasteiger partial charge in [0.05, 0.1) is 6.54 Å². The second-order valence-corrected chi connectivity index (χ2v) is 8.31. The molecule has 0 aromatic heterocycles. The zero-order valence-corrected chi connectivity index (χ0v) is 19.5. The Hall–Kier alpha value is -3.34. The van der Waals surface area contributed by atoms with Crippen molar-refractivity contribution in [3.63, 3.8) is 0 Å². The molecule has 0 heterocycles. The average molecular weight is 533 g/mol. The predicted octanol–water partition coefficient (Wildman–Crippen LogP) is 7.63. The standard InChI is InChI=1S/C26H23F8NO2/c1-2-17-6-4-10-21(13-17)37-22-11-5-9-20(14-22)35(16-23(36)25(29,30)31)15-18-7-3-8-19(12-18)24(27,28)26(32,33)34/h3-14,23,36H,2,15-16H2,1H3. The minimum absolute atomic E-state index is 0.113. The SMILES string of the molecule is CCc1cccc(Oc2cccc(N(Cc3cccc(C(F)(F)C(F)(F)F)c3)CC(O)C(F)(F)F)c2)c1. The van der Waals surface area contributed by atoms with E-state index in [1.54, 1.807) is 24.3 Å². The molecule has 0 saturated heterocycles. The van der Waals surface area contributed by atoms with Gasteiger partial charge >= 0.3 is 18.3 Å². The summed E-state index contributed by atoms with van der Waals surface area (Å²) in [5.74, 6) is -4.44. The fourth-order valence-electron chi connectivity index (χ4n) is 3.53. The van der Waals surface area contributed by atoms with E-state index in [2.05, 4.69) is 0 Å². The smallest absolute Gasteiger partial charge is 0.457 e. The van der Waals surface area contributed by atoms with Gasteiger partial charge < -0.3 is 14.7 Å². The highest BCUT2D eigenvalue weighted by Gasteiger charge is 2.58. The number of hydrogen-bond donors (Lipinski definition) is 1. The van der Waals surface area contributed by atoms with E-state index in [9.17, 15) is 40.2 Å². The second-order valence-electron chi connectivity index (χ2n) is 8.31. The molecule has 11 heteroatoms. The topological polar surface area (TPSA) is 32.7 Å². The summed E-state index contributed by atoms with van der Waals surface area (Å²) < 4.78 is 111. The lowest BCUT2D eigenvalue weighted by atomic mass is 10.0. The van der Waals surface area contributed by atoms with Gasteiger partial charge in [0.2, 0.25) is 0 Å². The maximum atomic E-state index is 13.8. The molecule has 0 aliphatic carbocycles. The van der Waals surface area contributed by atoms with Crippen LogP contribution in [0.2, 0.25) is 0 Å². The molecule has 0 amide bonds. The van der Waals surface area contributed by atoms with Crippen LogP contribution in [0.4, 0.5) is 40.8 Å². The lowest BCUT2D eigenvalue weighted by Gasteiger charge is -2.29. The second kappa shape index (κ2) is 11.0. The number of aliphatic hydroxyl groups is 1. The van der Waals surface area contributed by atoms with E-state index in [1.807, 2.05) is 13.0 Å². The monoisotopic (exact) mass is 533 g/mol. The Bertz CT molecular complexity index is 1190. The Kier molecular flexibility index (Phi) is 8.36. The number of aryl methyl sites for hydroxylation is 1. The van der Waals surface area contributed by atoms with Crippen LogP contribution in [0.15, 0.2) is 72.8 Å². The number of ether oxygens (including phenoxy) is 1. The predicted molar refractivity (Wildman–Crippen MR) is 122 cm³/mol. The number of aliphatic hydroxyl groups excluding tert-OH is 1. The first-order valence-electron chi connectivity index (χ1n) is 11.1. The van der Waals surface area contributed by atoms with Crippen molar-refractivity contribution in [2.24, 2.45) is 0 Å². The van der Waals surface area contributed by atoms with Crippen LogP contribution in [0.1, 0.15) is 23.6 Å². The van der Waals surface area contributed by atoms with Crippen LogP contribution in [0.5, 0.6) is 11.5 Å². The molecular formula is C26H23F8NO2. The first kappa shape index (κ1) is 28.2. The van der Waals surface area contributed by atoms with Crippen LogP contribution in [-0.2, 0) is 18.9 Å². The maximum Gasteiger partial charge on any atom is 0.458 e. The van der Waals surface area contributed by atoms with Crippen molar-refractivity contribution in [1.82, 2.24) is 0 Å². The fourth-order valence-corrected chi connectivity index (χ4v) is 3.53. The van der Waals surface area contributed by atoms with Crippen LogP contribution in [0, 0.1) is 0 Å². The average Bonchev–Trinajstić information content (AvgIpc) is 2.82. The molecule has 1 unspecified atom stereocenters. The summed E-state index contributed by atoms with van der Waals surface area (Å²) in [7, 11) is 0. The molecule has 0 fully saturated rings. The van der Waals surface area contributed by atoms with E-state index in [0.29, 0.717) is 17.9 Å². The van der Waals surface area contributed by atoms with E-state index in [1.165, 1.54) is 24.3 Å². The summed E-state index contributed by atoms with van der Waals surface area (Å²) in [5.41, 5.74) is -0.348. The third kappa shape index (κ3) is 7.12. The molecule has 3 aromatic carbocycles. The number of hydrogen-bond acceptors (Lipinski definition) is 3. The number of alkyl halides is 8. The summed E-state index contributed by atoms with van der Waals surface area (Å²) in [6, 6.07) is 16.3. The minimum atomic E-state index is -5.85. The largest absolute Gasteiger partial charge is 0.458 e. The summed E-state index contributed by atoms with van der Waals surface area (Å²) in [4.78, 5) is 1.03. The highest BCUT2D eigenvalue weighted by atomic mass is 19.4. The summed E-state index contributed by atoms with van der Waals surface area (Å²) in [6.07, 6.45) is -12.9. The highest BCUT2D eigenvalue weighted by Crippen LogP contribution is 2.44. The van der Waals surface area contributed by atoms with Gasteiger partial charge in [-0.15, -0.1) is 0 Å². The highest BCUT2D eigenvalue weighted by molar-refractivity contribution is 5.52. The van der Waals surface area contributed by atoms with Gasteiger partial charge in [-0.2, -0.15) is 35.1 Å². The van der Waals surface area contributed by atoms with Gasteiger partial charge in [0, 0.05) is 23.9 Å². The Morgan fingerprint density at radius 2 is 1.38 bits per heavy atom. The fraction of sp³-hybridized carbons (Fsp3) is 0.308. The zero-order chi connectivity index (χ0) is 27.4. The van der Waals surface area contributed by atoms with Gasteiger partial charge in [0.25, 0.3) is 0 Å². The summed E-state index contributed by atoms with van der Waals surface area (Å²) >= 11 is 0. The third-order valence-corrected chi connectivity index (χ3v) is 5.52. The molecular weight excluding hydrogens is 510 g/mol. The van der Waals surface area contributed by atoms with Crippen molar-refractivity contribution in [2.75, 3.05) is 11.4 Å². The van der Waals surface area contributed by atoms with Gasteiger partial charge in [-0.1, -0.05) is 43.3 Å². The van der Waals surface area contributed by atoms with E-state index in [4.69, 9.17) is 4.74 Å². The molecule has 3 rings (SSSR count). The molecule has 1 atom stereocenters. The molecule has 0 bridgehead atoms. The Labute approximate surface area is 207 Å². The first-order valence-corrected chi connectivity index (χ1v) is 11.1. The molecule has 37 heavy (non-hydrogen) atoms. The normalized spacial score (nSPS) is 13.4. The van der Waals surface area contributed by atoms with Crippen molar-refractivity contribution < 1.29 is 45.0 Å². The maximum absolute atomic E-state index is 13.8. The lowest BCUT2D eigenvalue weighted by Crippen LogP contribution is -2.41. The van der Waals surface area contributed by atoms with Crippen molar-refractivity contribution in [1.29, 1.82) is 0 Å². The van der Waals surface area contributed by atoms with Gasteiger partial charge in [0.1, 0.15) is 11.5 Å². The quantitative estimate of drug-likeness (QED) is 0.287. The zero-order valence-electron chi connectivity index (χ0n) is 19.5. The van der Waals surface area contributed by atoms with E-state index >= 15 is 0 Å². The first-order chi connectivity index (χ1) is 17.2. The van der Waals surface area contributed by atoms with Crippen LogP contribution in [0.3, 0.4) is 0 Å². The van der Waals surface area contributed by atoms with Crippen LogP contribution >= 0.6 is 0 Å². The molecule has 3 aromatic rings. The van der Waals surface area contributed by atoms with Gasteiger partial charge in [0.15, 0.2) is 6.10 Å². The summed E-state index contributed by atoms with van der Waals surface area (Å²) in [5, 5.41) is 9.68. The number of halogens is 8.